The molecule has 1 aliphatic rings. The van der Waals surface area contributed by atoms with E-state index in [0.29, 0.717) is 30.3 Å². The molecule has 0 aliphatic carbocycles. The smallest absolute Gasteiger partial charge is 0.321 e. The van der Waals surface area contributed by atoms with E-state index in [-0.39, 0.29) is 17.9 Å². The van der Waals surface area contributed by atoms with Gasteiger partial charge in [-0.15, -0.1) is 0 Å². The van der Waals surface area contributed by atoms with Crippen LogP contribution >= 0.6 is 11.6 Å². The number of carbonyl (C=O) groups is 1. The Morgan fingerprint density at radius 2 is 1.96 bits per heavy atom. The standard InChI is InChI=1S/C21H20ClFN4O/c1-14-13-26(21(28)25-17-5-3-16(23)4-6-17)10-11-27(14)20-8-9-24-19-12-15(22)2-7-18(19)20/h2-9,12,14H,10-11,13H2,1H3,(H,25,28). The summed E-state index contributed by atoms with van der Waals surface area (Å²) in [6.45, 7) is 3.98. The van der Waals surface area contributed by atoms with Crippen LogP contribution in [-0.4, -0.2) is 41.6 Å². The van der Waals surface area contributed by atoms with Gasteiger partial charge in [0.15, 0.2) is 0 Å². The first kappa shape index (κ1) is 18.5. The Kier molecular flexibility index (Phi) is 5.05. The van der Waals surface area contributed by atoms with Crippen LogP contribution < -0.4 is 10.2 Å². The summed E-state index contributed by atoms with van der Waals surface area (Å²) in [6.07, 6.45) is 1.79. The summed E-state index contributed by atoms with van der Waals surface area (Å²) in [4.78, 5) is 21.0. The van der Waals surface area contributed by atoms with Gasteiger partial charge in [0.2, 0.25) is 0 Å². The molecule has 2 aromatic carbocycles. The topological polar surface area (TPSA) is 48.5 Å². The number of nitrogens with one attached hydrogen (secondary N) is 1. The van der Waals surface area contributed by atoms with Crippen molar-refractivity contribution in [2.75, 3.05) is 29.9 Å². The average Bonchev–Trinajstić information content (AvgIpc) is 2.69. The number of fused-ring (bicyclic) bond motifs is 1. The Hall–Kier alpha value is -2.86. The summed E-state index contributed by atoms with van der Waals surface area (Å²) in [5, 5.41) is 4.53. The third-order valence-electron chi connectivity index (χ3n) is 5.00. The molecule has 0 radical (unpaired) electrons. The van der Waals surface area contributed by atoms with Crippen LogP contribution in [0.25, 0.3) is 10.9 Å². The average molecular weight is 399 g/mol. The number of anilines is 2. The molecule has 3 aromatic rings. The summed E-state index contributed by atoms with van der Waals surface area (Å²) < 4.78 is 13.0. The predicted molar refractivity (Wildman–Crippen MR) is 111 cm³/mol. The Morgan fingerprint density at radius 3 is 2.71 bits per heavy atom. The first-order valence-corrected chi connectivity index (χ1v) is 9.51. The van der Waals surface area contributed by atoms with Crippen LogP contribution in [0.3, 0.4) is 0 Å². The fraction of sp³-hybridized carbons (Fsp3) is 0.238. The lowest BCUT2D eigenvalue weighted by atomic mass is 10.1. The van der Waals surface area contributed by atoms with Crippen LogP contribution in [0.4, 0.5) is 20.6 Å². The van der Waals surface area contributed by atoms with Crippen molar-refractivity contribution >= 4 is 39.9 Å². The molecular formula is C21H20ClFN4O. The normalized spacial score (nSPS) is 17.0. The van der Waals surface area contributed by atoms with Crippen LogP contribution in [0.2, 0.25) is 5.02 Å². The quantitative estimate of drug-likeness (QED) is 0.676. The van der Waals surface area contributed by atoms with Crippen LogP contribution in [0.15, 0.2) is 54.7 Å². The number of nitrogens with zero attached hydrogens (tertiary/aromatic N) is 3. The third kappa shape index (κ3) is 3.73. The van der Waals surface area contributed by atoms with Gasteiger partial charge in [-0.05, 0) is 55.5 Å². The molecule has 144 valence electrons. The lowest BCUT2D eigenvalue weighted by Gasteiger charge is -2.41. The van der Waals surface area contributed by atoms with Crippen molar-refractivity contribution in [3.63, 3.8) is 0 Å². The maximum absolute atomic E-state index is 13.0. The van der Waals surface area contributed by atoms with E-state index in [2.05, 4.69) is 22.1 Å². The highest BCUT2D eigenvalue weighted by molar-refractivity contribution is 6.31. The number of pyridine rings is 1. The maximum atomic E-state index is 13.0. The minimum Gasteiger partial charge on any atom is -0.365 e. The Bertz CT molecular complexity index is 1010. The fourth-order valence-electron chi connectivity index (χ4n) is 3.59. The molecule has 2 heterocycles. The summed E-state index contributed by atoms with van der Waals surface area (Å²) in [7, 11) is 0. The number of carbonyl (C=O) groups excluding carboxylic acids is 1. The fourth-order valence-corrected chi connectivity index (χ4v) is 3.76. The molecule has 1 N–H and O–H groups in total. The zero-order valence-corrected chi connectivity index (χ0v) is 16.2. The lowest BCUT2D eigenvalue weighted by molar-refractivity contribution is 0.200. The number of rotatable bonds is 2. The van der Waals surface area contributed by atoms with Crippen molar-refractivity contribution in [1.29, 1.82) is 0 Å². The number of benzene rings is 2. The summed E-state index contributed by atoms with van der Waals surface area (Å²) >= 11 is 6.09. The van der Waals surface area contributed by atoms with Gasteiger partial charge in [-0.1, -0.05) is 11.6 Å². The van der Waals surface area contributed by atoms with E-state index < -0.39 is 0 Å². The molecule has 0 bridgehead atoms. The molecule has 28 heavy (non-hydrogen) atoms. The molecule has 1 fully saturated rings. The second kappa shape index (κ2) is 7.64. The summed E-state index contributed by atoms with van der Waals surface area (Å²) in [6, 6.07) is 13.4. The Balaban J connectivity index is 1.48. The van der Waals surface area contributed by atoms with Gasteiger partial charge < -0.3 is 15.1 Å². The highest BCUT2D eigenvalue weighted by Crippen LogP contribution is 2.30. The molecule has 0 spiro atoms. The van der Waals surface area contributed by atoms with Crippen LogP contribution in [-0.2, 0) is 0 Å². The zero-order chi connectivity index (χ0) is 19.7. The van der Waals surface area contributed by atoms with Crippen molar-refractivity contribution in [3.8, 4) is 0 Å². The van der Waals surface area contributed by atoms with E-state index in [1.165, 1.54) is 12.1 Å². The molecule has 1 aliphatic heterocycles. The predicted octanol–water partition coefficient (Wildman–Crippen LogP) is 4.77. The van der Waals surface area contributed by atoms with Gasteiger partial charge >= 0.3 is 6.03 Å². The summed E-state index contributed by atoms with van der Waals surface area (Å²) in [5.74, 6) is -0.328. The van der Waals surface area contributed by atoms with Gasteiger partial charge in [-0.25, -0.2) is 9.18 Å². The van der Waals surface area contributed by atoms with Gasteiger partial charge in [-0.3, -0.25) is 4.98 Å². The Morgan fingerprint density at radius 1 is 1.18 bits per heavy atom. The van der Waals surface area contributed by atoms with Crippen molar-refractivity contribution < 1.29 is 9.18 Å². The first-order valence-electron chi connectivity index (χ1n) is 9.13. The Labute approximate surface area is 167 Å². The SMILES string of the molecule is CC1CN(C(=O)Nc2ccc(F)cc2)CCN1c1ccnc2cc(Cl)ccc12. The van der Waals surface area contributed by atoms with Gasteiger partial charge in [0, 0.05) is 53.7 Å². The molecule has 5 nitrogen and oxygen atoms in total. The van der Waals surface area contributed by atoms with Crippen molar-refractivity contribution in [2.24, 2.45) is 0 Å². The molecular weight excluding hydrogens is 379 g/mol. The second-order valence-corrected chi connectivity index (χ2v) is 7.35. The van der Waals surface area contributed by atoms with Crippen LogP contribution in [0.1, 0.15) is 6.92 Å². The molecule has 1 saturated heterocycles. The number of hydrogen-bond acceptors (Lipinski definition) is 3. The van der Waals surface area contributed by atoms with E-state index in [4.69, 9.17) is 11.6 Å². The molecule has 0 saturated carbocycles. The first-order chi connectivity index (χ1) is 13.5. The molecule has 1 unspecified atom stereocenters. The molecule has 1 aromatic heterocycles. The van der Waals surface area contributed by atoms with Gasteiger partial charge in [-0.2, -0.15) is 0 Å². The van der Waals surface area contributed by atoms with E-state index in [1.54, 1.807) is 23.2 Å². The van der Waals surface area contributed by atoms with Crippen LogP contribution in [0.5, 0.6) is 0 Å². The van der Waals surface area contributed by atoms with Crippen molar-refractivity contribution in [1.82, 2.24) is 9.88 Å². The van der Waals surface area contributed by atoms with E-state index in [0.717, 1.165) is 16.6 Å². The second-order valence-electron chi connectivity index (χ2n) is 6.92. The molecule has 7 heteroatoms. The summed E-state index contributed by atoms with van der Waals surface area (Å²) in [5.41, 5.74) is 2.53. The van der Waals surface area contributed by atoms with Crippen molar-refractivity contribution in [2.45, 2.75) is 13.0 Å². The van der Waals surface area contributed by atoms with E-state index >= 15 is 0 Å². The molecule has 1 atom stereocenters. The molecule has 4 rings (SSSR count). The number of aromatic nitrogens is 1. The van der Waals surface area contributed by atoms with Gasteiger partial charge in [0.1, 0.15) is 5.82 Å². The number of urea groups is 1. The number of piperazine rings is 1. The maximum Gasteiger partial charge on any atom is 0.321 e. The highest BCUT2D eigenvalue weighted by atomic mass is 35.5. The van der Waals surface area contributed by atoms with E-state index in [1.807, 2.05) is 24.3 Å². The molecule has 2 amide bonds. The number of amides is 2. The largest absolute Gasteiger partial charge is 0.365 e. The zero-order valence-electron chi connectivity index (χ0n) is 15.4. The van der Waals surface area contributed by atoms with Gasteiger partial charge in [0.25, 0.3) is 0 Å². The minimum absolute atomic E-state index is 0.133. The van der Waals surface area contributed by atoms with Gasteiger partial charge in [0.05, 0.1) is 5.52 Å². The minimum atomic E-state index is -0.328. The van der Waals surface area contributed by atoms with E-state index in [9.17, 15) is 9.18 Å². The number of hydrogen-bond donors (Lipinski definition) is 1. The highest BCUT2D eigenvalue weighted by Gasteiger charge is 2.28. The lowest BCUT2D eigenvalue weighted by Crippen LogP contribution is -2.54. The third-order valence-corrected chi connectivity index (χ3v) is 5.24. The van der Waals surface area contributed by atoms with Crippen LogP contribution in [0, 0.1) is 5.82 Å². The van der Waals surface area contributed by atoms with Crippen molar-refractivity contribution in [3.05, 3.63) is 65.6 Å². The number of halogens is 2. The monoisotopic (exact) mass is 398 g/mol.